The van der Waals surface area contributed by atoms with Crippen molar-refractivity contribution < 1.29 is 9.53 Å². The molecule has 0 aromatic rings. The van der Waals surface area contributed by atoms with Gasteiger partial charge in [0.05, 0.1) is 17.3 Å². The van der Waals surface area contributed by atoms with Crippen LogP contribution in [0.3, 0.4) is 0 Å². The fourth-order valence-corrected chi connectivity index (χ4v) is 3.67. The molecule has 2 aliphatic carbocycles. The van der Waals surface area contributed by atoms with Crippen molar-refractivity contribution in [2.24, 2.45) is 5.41 Å². The largest absolute Gasteiger partial charge is 0.495 e. The lowest BCUT2D eigenvalue weighted by Gasteiger charge is -2.39. The van der Waals surface area contributed by atoms with Gasteiger partial charge in [0, 0.05) is 12.8 Å². The van der Waals surface area contributed by atoms with Crippen molar-refractivity contribution >= 4 is 5.78 Å². The summed E-state index contributed by atoms with van der Waals surface area (Å²) in [6, 6.07) is 0. The third-order valence-electron chi connectivity index (χ3n) is 4.73. The van der Waals surface area contributed by atoms with Gasteiger partial charge in [0.1, 0.15) is 5.78 Å². The van der Waals surface area contributed by atoms with Crippen LogP contribution in [0.2, 0.25) is 0 Å². The number of fused-ring (bicyclic) bond motifs is 2. The lowest BCUT2D eigenvalue weighted by Crippen LogP contribution is -2.34. The van der Waals surface area contributed by atoms with Crippen LogP contribution in [0.1, 0.15) is 52.4 Å². The molecule has 17 heavy (non-hydrogen) atoms. The van der Waals surface area contributed by atoms with Crippen LogP contribution in [-0.4, -0.2) is 11.9 Å². The summed E-state index contributed by atoms with van der Waals surface area (Å²) >= 11 is 0. The maximum absolute atomic E-state index is 12.2. The Morgan fingerprint density at radius 1 is 1.47 bits per heavy atom. The summed E-state index contributed by atoms with van der Waals surface area (Å²) in [6.45, 7) is 4.29. The molecule has 0 amide bonds. The van der Waals surface area contributed by atoms with Crippen molar-refractivity contribution in [3.05, 3.63) is 23.0 Å². The van der Waals surface area contributed by atoms with E-state index in [1.54, 1.807) is 0 Å². The lowest BCUT2D eigenvalue weighted by atomic mass is 9.67. The van der Waals surface area contributed by atoms with E-state index in [1.807, 2.05) is 0 Å². The van der Waals surface area contributed by atoms with Gasteiger partial charge in [-0.25, -0.2) is 0 Å². The van der Waals surface area contributed by atoms with Gasteiger partial charge in [-0.05, 0) is 43.8 Å². The Bertz CT molecular complexity index is 430. The van der Waals surface area contributed by atoms with Crippen LogP contribution in [0, 0.1) is 5.41 Å². The maximum atomic E-state index is 12.2. The highest BCUT2D eigenvalue weighted by Crippen LogP contribution is 2.53. The van der Waals surface area contributed by atoms with E-state index in [2.05, 4.69) is 19.9 Å². The molecule has 2 heteroatoms. The fraction of sp³-hybridized carbons (Fsp3) is 0.667. The first kappa shape index (κ1) is 11.1. The first-order valence-electron chi connectivity index (χ1n) is 6.80. The van der Waals surface area contributed by atoms with Gasteiger partial charge in [0.15, 0.2) is 0 Å². The molecule has 0 saturated carbocycles. The zero-order valence-corrected chi connectivity index (χ0v) is 10.7. The van der Waals surface area contributed by atoms with Gasteiger partial charge in [0.25, 0.3) is 0 Å². The quantitative estimate of drug-likeness (QED) is 0.691. The predicted molar refractivity (Wildman–Crippen MR) is 66.5 cm³/mol. The van der Waals surface area contributed by atoms with Crippen LogP contribution >= 0.6 is 0 Å². The molecule has 2 nitrogen and oxygen atoms in total. The van der Waals surface area contributed by atoms with Crippen LogP contribution in [0.25, 0.3) is 0 Å². The van der Waals surface area contributed by atoms with Crippen LogP contribution < -0.4 is 0 Å². The predicted octanol–water partition coefficient (Wildman–Crippen LogP) is 3.53. The van der Waals surface area contributed by atoms with Crippen molar-refractivity contribution in [2.45, 2.75) is 58.5 Å². The number of rotatable bonds is 1. The summed E-state index contributed by atoms with van der Waals surface area (Å²) in [4.78, 5) is 12.2. The highest BCUT2D eigenvalue weighted by Gasteiger charge is 2.48. The summed E-state index contributed by atoms with van der Waals surface area (Å²) < 4.78 is 5.95. The van der Waals surface area contributed by atoms with Gasteiger partial charge >= 0.3 is 0 Å². The molecular formula is C15H20O2. The molecule has 1 heterocycles. The summed E-state index contributed by atoms with van der Waals surface area (Å²) in [5, 5.41) is 0. The van der Waals surface area contributed by atoms with Crippen LogP contribution in [0.15, 0.2) is 23.0 Å². The lowest BCUT2D eigenvalue weighted by molar-refractivity contribution is -0.125. The first-order valence-corrected chi connectivity index (χ1v) is 6.80. The molecule has 3 aliphatic rings. The Morgan fingerprint density at radius 3 is 3.06 bits per heavy atom. The molecule has 0 N–H and O–H groups in total. The van der Waals surface area contributed by atoms with Crippen molar-refractivity contribution in [2.75, 3.05) is 0 Å². The normalized spacial score (nSPS) is 36.2. The number of hydrogen-bond donors (Lipinski definition) is 0. The maximum Gasteiger partial charge on any atom is 0.147 e. The summed E-state index contributed by atoms with van der Waals surface area (Å²) in [7, 11) is 0. The van der Waals surface area contributed by atoms with Gasteiger partial charge in [-0.15, -0.1) is 0 Å². The molecule has 0 radical (unpaired) electrons. The van der Waals surface area contributed by atoms with E-state index in [1.165, 1.54) is 16.9 Å². The van der Waals surface area contributed by atoms with Crippen molar-refractivity contribution in [3.63, 3.8) is 0 Å². The van der Waals surface area contributed by atoms with E-state index in [0.717, 1.165) is 32.1 Å². The molecule has 0 fully saturated rings. The molecular weight excluding hydrogens is 212 g/mol. The number of hydrogen-bond acceptors (Lipinski definition) is 2. The SMILES string of the molecule is CC[C@]12CCC3=C(CCC(C)O3)C1=CCC2=O. The molecule has 0 aromatic heterocycles. The van der Waals surface area contributed by atoms with Gasteiger partial charge in [0.2, 0.25) is 0 Å². The van der Waals surface area contributed by atoms with Gasteiger partial charge in [-0.1, -0.05) is 13.0 Å². The Kier molecular flexibility index (Phi) is 2.42. The van der Waals surface area contributed by atoms with Crippen molar-refractivity contribution in [1.82, 2.24) is 0 Å². The first-order chi connectivity index (χ1) is 8.17. The zero-order valence-electron chi connectivity index (χ0n) is 10.7. The highest BCUT2D eigenvalue weighted by molar-refractivity contribution is 5.94. The minimum atomic E-state index is -0.150. The molecule has 0 bridgehead atoms. The van der Waals surface area contributed by atoms with Gasteiger partial charge in [-0.2, -0.15) is 0 Å². The Balaban J connectivity index is 2.03. The zero-order chi connectivity index (χ0) is 12.0. The minimum Gasteiger partial charge on any atom is -0.495 e. The summed E-state index contributed by atoms with van der Waals surface area (Å²) in [6.07, 6.45) is 8.19. The number of carbonyl (C=O) groups is 1. The Labute approximate surface area is 103 Å². The van der Waals surface area contributed by atoms with Gasteiger partial charge < -0.3 is 4.74 Å². The van der Waals surface area contributed by atoms with E-state index in [0.29, 0.717) is 18.3 Å². The van der Waals surface area contributed by atoms with E-state index in [4.69, 9.17) is 4.74 Å². The van der Waals surface area contributed by atoms with Crippen LogP contribution in [0.4, 0.5) is 0 Å². The molecule has 3 rings (SSSR count). The molecule has 1 aliphatic heterocycles. The molecule has 0 aromatic carbocycles. The van der Waals surface area contributed by atoms with E-state index in [-0.39, 0.29) is 5.41 Å². The monoisotopic (exact) mass is 232 g/mol. The molecule has 0 spiro atoms. The minimum absolute atomic E-state index is 0.150. The topological polar surface area (TPSA) is 26.3 Å². The fourth-order valence-electron chi connectivity index (χ4n) is 3.67. The third-order valence-corrected chi connectivity index (χ3v) is 4.73. The third kappa shape index (κ3) is 1.42. The van der Waals surface area contributed by atoms with Gasteiger partial charge in [-0.3, -0.25) is 4.79 Å². The Hall–Kier alpha value is -1.05. The van der Waals surface area contributed by atoms with Crippen LogP contribution in [0.5, 0.6) is 0 Å². The number of ether oxygens (including phenoxy) is 1. The highest BCUT2D eigenvalue weighted by atomic mass is 16.5. The van der Waals surface area contributed by atoms with Crippen molar-refractivity contribution in [3.8, 4) is 0 Å². The van der Waals surface area contributed by atoms with Crippen molar-refractivity contribution in [1.29, 1.82) is 0 Å². The second kappa shape index (κ2) is 3.72. The van der Waals surface area contributed by atoms with E-state index in [9.17, 15) is 4.79 Å². The summed E-state index contributed by atoms with van der Waals surface area (Å²) in [5.41, 5.74) is 2.53. The summed E-state index contributed by atoms with van der Waals surface area (Å²) in [5.74, 6) is 1.61. The smallest absolute Gasteiger partial charge is 0.147 e. The molecule has 1 unspecified atom stereocenters. The molecule has 0 saturated heterocycles. The molecule has 2 atom stereocenters. The van der Waals surface area contributed by atoms with E-state index >= 15 is 0 Å². The molecule has 92 valence electrons. The second-order valence-electron chi connectivity index (χ2n) is 5.55. The van der Waals surface area contributed by atoms with E-state index < -0.39 is 0 Å². The standard InChI is InChI=1S/C15H20O2/c1-3-15-9-8-13-11(5-4-10(2)17-13)12(15)6-7-14(15)16/h6,10H,3-5,7-9H2,1-2H3/t10?,15-/m0/s1. The number of allylic oxidation sites excluding steroid dienone is 4. The average Bonchev–Trinajstić information content (AvgIpc) is 2.67. The average molecular weight is 232 g/mol. The van der Waals surface area contributed by atoms with Crippen LogP contribution in [-0.2, 0) is 9.53 Å². The number of Topliss-reactive ketones (excluding diaryl/α,β-unsaturated/α-hetero) is 1. The second-order valence-corrected chi connectivity index (χ2v) is 5.55. The Morgan fingerprint density at radius 2 is 2.29 bits per heavy atom. The number of carbonyl (C=O) groups excluding carboxylic acids is 1. The number of ketones is 1.